The van der Waals surface area contributed by atoms with E-state index < -0.39 is 10.7 Å². The summed E-state index contributed by atoms with van der Waals surface area (Å²) < 4.78 is 21.8. The molecule has 0 atom stereocenters. The molecule has 0 saturated carbocycles. The standard InChI is InChI=1S/C10H8NO2S.Pb/c11-9-5-6-10(14(12)13)8-4-2-1-3-7(8)9;/h1-6H,11H2;/q-1;. The number of hydrogen-bond donors (Lipinski definition) is 1. The van der Waals surface area contributed by atoms with Crippen LogP contribution in [-0.2, 0) is 19.1 Å². The van der Waals surface area contributed by atoms with E-state index in [0.717, 1.165) is 5.39 Å². The molecule has 0 heterocycles. The average Bonchev–Trinajstić information content (AvgIpc) is 2.18. The Bertz CT molecular complexity index is 558. The van der Waals surface area contributed by atoms with Gasteiger partial charge in [0.15, 0.2) is 0 Å². The fraction of sp³-hybridized carbons (Fsp3) is 0. The van der Waals surface area contributed by atoms with Crippen molar-refractivity contribution in [3.8, 4) is 0 Å². The van der Waals surface area contributed by atoms with Gasteiger partial charge >= 0.3 is 0 Å². The third-order valence-electron chi connectivity index (χ3n) is 2.10. The maximum atomic E-state index is 10.9. The number of hydrogen-bond acceptors (Lipinski definition) is 4. The van der Waals surface area contributed by atoms with Gasteiger partial charge in [0.1, 0.15) is 0 Å². The SMILES string of the molecule is Nc1ccc([S-](=O)=O)c2ccccc12.[Pb]. The van der Waals surface area contributed by atoms with E-state index in [4.69, 9.17) is 5.73 Å². The van der Waals surface area contributed by atoms with Gasteiger partial charge in [0, 0.05) is 38.4 Å². The largest absolute Gasteiger partial charge is 0.420 e. The summed E-state index contributed by atoms with van der Waals surface area (Å²) in [6.45, 7) is 0. The topological polar surface area (TPSA) is 60.2 Å². The van der Waals surface area contributed by atoms with Crippen LogP contribution < -0.4 is 5.73 Å². The van der Waals surface area contributed by atoms with Crippen LogP contribution in [0.15, 0.2) is 41.3 Å². The fourth-order valence-corrected chi connectivity index (χ4v) is 1.98. The van der Waals surface area contributed by atoms with Crippen LogP contribution >= 0.6 is 0 Å². The Hall–Kier alpha value is -0.628. The summed E-state index contributed by atoms with van der Waals surface area (Å²) in [5, 5.41) is 1.44. The molecule has 2 aromatic rings. The zero-order valence-electron chi connectivity index (χ0n) is 7.77. The van der Waals surface area contributed by atoms with E-state index in [9.17, 15) is 8.42 Å². The normalized spacial score (nSPS) is 10.2. The molecule has 0 aliphatic heterocycles. The molecule has 15 heavy (non-hydrogen) atoms. The van der Waals surface area contributed by atoms with Crippen LogP contribution in [0.5, 0.6) is 0 Å². The van der Waals surface area contributed by atoms with Crippen molar-refractivity contribution in [1.82, 2.24) is 0 Å². The summed E-state index contributed by atoms with van der Waals surface area (Å²) in [4.78, 5) is 0.287. The summed E-state index contributed by atoms with van der Waals surface area (Å²) in [6.07, 6.45) is 0. The Labute approximate surface area is 109 Å². The minimum Gasteiger partial charge on any atom is -0.420 e. The van der Waals surface area contributed by atoms with Crippen LogP contribution in [-0.4, -0.2) is 27.3 Å². The zero-order chi connectivity index (χ0) is 10.1. The molecular formula is C10H8NO2PbS-. The Balaban J connectivity index is 0.00000112. The molecule has 0 unspecified atom stereocenters. The molecular weight excluding hydrogens is 405 g/mol. The van der Waals surface area contributed by atoms with Crippen LogP contribution in [0.3, 0.4) is 0 Å². The van der Waals surface area contributed by atoms with Crippen molar-refractivity contribution in [1.29, 1.82) is 0 Å². The van der Waals surface area contributed by atoms with Gasteiger partial charge in [-0.15, -0.1) is 0 Å². The van der Waals surface area contributed by atoms with E-state index in [1.54, 1.807) is 24.3 Å². The van der Waals surface area contributed by atoms with Crippen LogP contribution in [0.4, 0.5) is 5.69 Å². The minimum atomic E-state index is -2.22. The van der Waals surface area contributed by atoms with Crippen molar-refractivity contribution in [2.75, 3.05) is 5.73 Å². The average molecular weight is 413 g/mol. The number of nitrogens with two attached hydrogens (primary N) is 1. The minimum absolute atomic E-state index is 0. The maximum absolute atomic E-state index is 10.9. The molecule has 0 amide bonds. The Morgan fingerprint density at radius 1 is 0.933 bits per heavy atom. The molecule has 3 nitrogen and oxygen atoms in total. The van der Waals surface area contributed by atoms with E-state index >= 15 is 0 Å². The molecule has 0 aliphatic rings. The van der Waals surface area contributed by atoms with E-state index in [1.807, 2.05) is 6.07 Å². The van der Waals surface area contributed by atoms with Crippen molar-refractivity contribution in [3.63, 3.8) is 0 Å². The van der Waals surface area contributed by atoms with Gasteiger partial charge in [-0.2, -0.15) is 0 Å². The number of rotatable bonds is 1. The van der Waals surface area contributed by atoms with Crippen molar-refractivity contribution in [2.24, 2.45) is 0 Å². The van der Waals surface area contributed by atoms with Crippen LogP contribution in [0, 0.1) is 0 Å². The van der Waals surface area contributed by atoms with Gasteiger partial charge in [0.2, 0.25) is 0 Å². The fourth-order valence-electron chi connectivity index (χ4n) is 1.44. The monoisotopic (exact) mass is 414 g/mol. The van der Waals surface area contributed by atoms with Gasteiger partial charge in [-0.3, -0.25) is 0 Å². The summed E-state index contributed by atoms with van der Waals surface area (Å²) in [6, 6.07) is 10.3. The molecule has 0 spiro atoms. The summed E-state index contributed by atoms with van der Waals surface area (Å²) in [5.74, 6) is 0. The predicted octanol–water partition coefficient (Wildman–Crippen LogP) is 1.71. The second-order valence-electron chi connectivity index (χ2n) is 2.93. The zero-order valence-corrected chi connectivity index (χ0v) is 12.5. The first-order valence-corrected chi connectivity index (χ1v) is 5.14. The quantitative estimate of drug-likeness (QED) is 0.440. The second kappa shape index (κ2) is 4.93. The van der Waals surface area contributed by atoms with Crippen LogP contribution in [0.2, 0.25) is 0 Å². The molecule has 2 aromatic carbocycles. The maximum Gasteiger partial charge on any atom is 0.0392 e. The van der Waals surface area contributed by atoms with Gasteiger partial charge < -0.3 is 14.2 Å². The third kappa shape index (κ3) is 2.31. The van der Waals surface area contributed by atoms with E-state index in [0.29, 0.717) is 11.1 Å². The summed E-state index contributed by atoms with van der Waals surface area (Å²) >= 11 is 0. The third-order valence-corrected chi connectivity index (χ3v) is 2.81. The first kappa shape index (κ1) is 12.4. The molecule has 2 rings (SSSR count). The Morgan fingerprint density at radius 3 is 2.13 bits per heavy atom. The van der Waals surface area contributed by atoms with Gasteiger partial charge in [0.25, 0.3) is 0 Å². The predicted molar refractivity (Wildman–Crippen MR) is 61.1 cm³/mol. The van der Waals surface area contributed by atoms with Crippen molar-refractivity contribution < 1.29 is 8.42 Å². The molecule has 0 fully saturated rings. The number of benzene rings is 2. The van der Waals surface area contributed by atoms with Gasteiger partial charge in [-0.25, -0.2) is 0 Å². The molecule has 4 radical (unpaired) electrons. The van der Waals surface area contributed by atoms with Crippen LogP contribution in [0.25, 0.3) is 10.8 Å². The second-order valence-corrected chi connectivity index (χ2v) is 3.84. The smallest absolute Gasteiger partial charge is 0.0392 e. The van der Waals surface area contributed by atoms with E-state index in [-0.39, 0.29) is 32.2 Å². The number of nitrogen functional groups attached to an aromatic ring is 1. The molecule has 0 aromatic heterocycles. The van der Waals surface area contributed by atoms with E-state index in [1.165, 1.54) is 6.07 Å². The van der Waals surface area contributed by atoms with Gasteiger partial charge in [-0.05, 0) is 22.2 Å². The van der Waals surface area contributed by atoms with Crippen molar-refractivity contribution in [2.45, 2.75) is 4.90 Å². The number of anilines is 1. The van der Waals surface area contributed by atoms with Crippen molar-refractivity contribution >= 4 is 54.5 Å². The van der Waals surface area contributed by atoms with Crippen LogP contribution in [0.1, 0.15) is 0 Å². The number of fused-ring (bicyclic) bond motifs is 1. The Kier molecular flexibility index (Phi) is 4.09. The summed E-state index contributed by atoms with van der Waals surface area (Å²) in [7, 11) is -2.22. The Morgan fingerprint density at radius 2 is 1.53 bits per heavy atom. The molecule has 0 aliphatic carbocycles. The van der Waals surface area contributed by atoms with Crippen molar-refractivity contribution in [3.05, 3.63) is 36.4 Å². The van der Waals surface area contributed by atoms with Gasteiger partial charge in [0.05, 0.1) is 0 Å². The summed E-state index contributed by atoms with van der Waals surface area (Å²) in [5.41, 5.74) is 6.32. The first-order valence-electron chi connectivity index (χ1n) is 4.06. The molecule has 0 bridgehead atoms. The van der Waals surface area contributed by atoms with Gasteiger partial charge in [-0.1, -0.05) is 35.2 Å². The molecule has 76 valence electrons. The first-order chi connectivity index (χ1) is 6.70. The molecule has 0 saturated heterocycles. The van der Waals surface area contributed by atoms with E-state index in [2.05, 4.69) is 0 Å². The molecule has 5 heteroatoms. The molecule has 2 N–H and O–H groups in total.